The number of rotatable bonds is 2. The minimum atomic E-state index is -1.53. The third-order valence-electron chi connectivity index (χ3n) is 6.51. The molecule has 0 aliphatic carbocycles. The van der Waals surface area contributed by atoms with Gasteiger partial charge < -0.3 is 24.4 Å². The predicted octanol–water partition coefficient (Wildman–Crippen LogP) is 5.37. The molecule has 0 amide bonds. The molecular formula is C27H22BNO4. The molecule has 2 aliphatic rings. The smallest absolute Gasteiger partial charge is 0.449 e. The van der Waals surface area contributed by atoms with E-state index in [1.807, 2.05) is 66.7 Å². The van der Waals surface area contributed by atoms with E-state index in [9.17, 15) is 10.0 Å². The highest BCUT2D eigenvalue weighted by molar-refractivity contribution is 6.58. The summed E-state index contributed by atoms with van der Waals surface area (Å²) in [6.07, 6.45) is 0. The van der Waals surface area contributed by atoms with Crippen LogP contribution in [-0.2, 0) is 5.41 Å². The van der Waals surface area contributed by atoms with Crippen molar-refractivity contribution in [1.82, 2.24) is 0 Å². The number of fused-ring (bicyclic) bond motifs is 4. The van der Waals surface area contributed by atoms with Gasteiger partial charge in [-0.3, -0.25) is 0 Å². The summed E-state index contributed by atoms with van der Waals surface area (Å²) in [5, 5.41) is 19.7. The number of benzene rings is 4. The quantitative estimate of drug-likeness (QED) is 0.365. The van der Waals surface area contributed by atoms with Gasteiger partial charge in [0.15, 0.2) is 23.0 Å². The molecule has 2 N–H and O–H groups in total. The fourth-order valence-electron chi connectivity index (χ4n) is 4.79. The van der Waals surface area contributed by atoms with Crippen LogP contribution in [0, 0.1) is 0 Å². The second kappa shape index (κ2) is 7.14. The van der Waals surface area contributed by atoms with Gasteiger partial charge in [0.1, 0.15) is 0 Å². The standard InChI is InChI=1S/C27H22BNO4/c1-27(2)19-14-17(28(30)31)12-13-21(19)29(18-8-4-3-5-9-18)22-16-26-25(15-20(22)27)32-23-10-6-7-11-24(23)33-26/h3-16,30-31H,1-2H3. The van der Waals surface area contributed by atoms with Gasteiger partial charge >= 0.3 is 7.12 Å². The lowest BCUT2D eigenvalue weighted by Gasteiger charge is -2.43. The fraction of sp³-hybridized carbons (Fsp3) is 0.111. The largest absolute Gasteiger partial charge is 0.488 e. The highest BCUT2D eigenvalue weighted by Gasteiger charge is 2.39. The van der Waals surface area contributed by atoms with Crippen LogP contribution in [0.3, 0.4) is 0 Å². The third-order valence-corrected chi connectivity index (χ3v) is 6.51. The summed E-state index contributed by atoms with van der Waals surface area (Å²) in [6, 6.07) is 27.4. The molecule has 0 bridgehead atoms. The number of ether oxygens (including phenoxy) is 2. The molecule has 6 heteroatoms. The molecule has 0 fully saturated rings. The molecule has 6 rings (SSSR count). The van der Waals surface area contributed by atoms with E-state index in [1.165, 1.54) is 0 Å². The van der Waals surface area contributed by atoms with Gasteiger partial charge in [0.25, 0.3) is 0 Å². The van der Waals surface area contributed by atoms with E-state index in [0.717, 1.165) is 28.2 Å². The van der Waals surface area contributed by atoms with Gasteiger partial charge in [0.05, 0.1) is 11.4 Å². The molecule has 0 aromatic heterocycles. The van der Waals surface area contributed by atoms with Gasteiger partial charge in [-0.05, 0) is 53.0 Å². The van der Waals surface area contributed by atoms with Crippen molar-refractivity contribution < 1.29 is 19.5 Å². The summed E-state index contributed by atoms with van der Waals surface area (Å²) in [6.45, 7) is 4.29. The first kappa shape index (κ1) is 19.9. The minimum Gasteiger partial charge on any atom is -0.449 e. The molecule has 2 aliphatic heterocycles. The Bertz CT molecular complexity index is 1380. The third kappa shape index (κ3) is 3.03. The maximum absolute atomic E-state index is 9.83. The highest BCUT2D eigenvalue weighted by Crippen LogP contribution is 2.56. The zero-order chi connectivity index (χ0) is 22.7. The molecule has 0 atom stereocenters. The molecule has 0 saturated heterocycles. The molecular weight excluding hydrogens is 413 g/mol. The number of hydrogen-bond acceptors (Lipinski definition) is 5. The Balaban J connectivity index is 1.60. The summed E-state index contributed by atoms with van der Waals surface area (Å²) in [5.41, 5.74) is 5.09. The molecule has 33 heavy (non-hydrogen) atoms. The summed E-state index contributed by atoms with van der Waals surface area (Å²) in [5.74, 6) is 2.70. The van der Waals surface area contributed by atoms with Crippen LogP contribution in [0.1, 0.15) is 25.0 Å². The van der Waals surface area contributed by atoms with Crippen molar-refractivity contribution in [3.05, 3.63) is 96.1 Å². The Labute approximate surface area is 192 Å². The van der Waals surface area contributed by atoms with Crippen LogP contribution in [0.25, 0.3) is 0 Å². The van der Waals surface area contributed by atoms with Crippen LogP contribution in [-0.4, -0.2) is 17.2 Å². The lowest BCUT2D eigenvalue weighted by atomic mass is 9.70. The average Bonchev–Trinajstić information content (AvgIpc) is 2.82. The zero-order valence-corrected chi connectivity index (χ0v) is 18.3. The van der Waals surface area contributed by atoms with E-state index in [0.29, 0.717) is 28.5 Å². The maximum Gasteiger partial charge on any atom is 0.488 e. The van der Waals surface area contributed by atoms with Crippen molar-refractivity contribution >= 4 is 29.6 Å². The molecule has 5 nitrogen and oxygen atoms in total. The Hall–Kier alpha value is -3.74. The predicted molar refractivity (Wildman–Crippen MR) is 130 cm³/mol. The van der Waals surface area contributed by atoms with Gasteiger partial charge in [-0.25, -0.2) is 0 Å². The van der Waals surface area contributed by atoms with Crippen molar-refractivity contribution in [2.45, 2.75) is 19.3 Å². The maximum atomic E-state index is 9.83. The number of hydrogen-bond donors (Lipinski definition) is 2. The van der Waals surface area contributed by atoms with Crippen molar-refractivity contribution in [1.29, 1.82) is 0 Å². The van der Waals surface area contributed by atoms with E-state index in [1.54, 1.807) is 6.07 Å². The van der Waals surface area contributed by atoms with Crippen LogP contribution in [0.2, 0.25) is 0 Å². The van der Waals surface area contributed by atoms with Gasteiger partial charge in [-0.15, -0.1) is 0 Å². The lowest BCUT2D eigenvalue weighted by molar-refractivity contribution is 0.358. The highest BCUT2D eigenvalue weighted by atomic mass is 16.6. The monoisotopic (exact) mass is 435 g/mol. The summed E-state index contributed by atoms with van der Waals surface area (Å²) in [4.78, 5) is 2.19. The lowest BCUT2D eigenvalue weighted by Crippen LogP contribution is -2.35. The first-order valence-corrected chi connectivity index (χ1v) is 10.9. The molecule has 2 heterocycles. The van der Waals surface area contributed by atoms with E-state index >= 15 is 0 Å². The SMILES string of the molecule is CC1(C)c2cc(B(O)O)ccc2N(c2ccccc2)c2cc3c(cc21)Oc1ccccc1O3. The normalized spacial score (nSPS) is 14.7. The summed E-state index contributed by atoms with van der Waals surface area (Å²) >= 11 is 0. The van der Waals surface area contributed by atoms with Crippen LogP contribution in [0.5, 0.6) is 23.0 Å². The van der Waals surface area contributed by atoms with Gasteiger partial charge in [0, 0.05) is 17.2 Å². The first-order chi connectivity index (χ1) is 15.9. The topological polar surface area (TPSA) is 62.2 Å². The average molecular weight is 435 g/mol. The Morgan fingerprint density at radius 3 is 1.94 bits per heavy atom. The minimum absolute atomic E-state index is 0.420. The van der Waals surface area contributed by atoms with E-state index in [-0.39, 0.29) is 0 Å². The second-order valence-corrected chi connectivity index (χ2v) is 8.91. The van der Waals surface area contributed by atoms with Crippen molar-refractivity contribution in [3.8, 4) is 23.0 Å². The number of anilines is 3. The zero-order valence-electron chi connectivity index (χ0n) is 18.3. The molecule has 0 saturated carbocycles. The number of para-hydroxylation sites is 3. The summed E-state index contributed by atoms with van der Waals surface area (Å²) < 4.78 is 12.4. The Kier molecular flexibility index (Phi) is 4.31. The van der Waals surface area contributed by atoms with Crippen molar-refractivity contribution in [3.63, 3.8) is 0 Å². The molecule has 0 spiro atoms. The van der Waals surface area contributed by atoms with Crippen LogP contribution in [0.15, 0.2) is 84.9 Å². The molecule has 0 radical (unpaired) electrons. The van der Waals surface area contributed by atoms with E-state index < -0.39 is 12.5 Å². The Morgan fingerprint density at radius 1 is 0.667 bits per heavy atom. The van der Waals surface area contributed by atoms with Gasteiger partial charge in [-0.1, -0.05) is 56.3 Å². The number of nitrogens with zero attached hydrogens (tertiary/aromatic N) is 1. The molecule has 4 aromatic carbocycles. The molecule has 4 aromatic rings. The van der Waals surface area contributed by atoms with Crippen LogP contribution < -0.4 is 19.8 Å². The second-order valence-electron chi connectivity index (χ2n) is 8.91. The van der Waals surface area contributed by atoms with E-state index in [2.05, 4.69) is 30.9 Å². The van der Waals surface area contributed by atoms with E-state index in [4.69, 9.17) is 9.47 Å². The van der Waals surface area contributed by atoms with Crippen molar-refractivity contribution in [2.75, 3.05) is 4.90 Å². The van der Waals surface area contributed by atoms with Crippen LogP contribution in [0.4, 0.5) is 17.1 Å². The van der Waals surface area contributed by atoms with Gasteiger partial charge in [-0.2, -0.15) is 0 Å². The fourth-order valence-corrected chi connectivity index (χ4v) is 4.79. The van der Waals surface area contributed by atoms with Crippen LogP contribution >= 0.6 is 0 Å². The first-order valence-electron chi connectivity index (χ1n) is 10.9. The summed E-state index contributed by atoms with van der Waals surface area (Å²) in [7, 11) is -1.53. The van der Waals surface area contributed by atoms with Crippen molar-refractivity contribution in [2.24, 2.45) is 0 Å². The molecule has 0 unspecified atom stereocenters. The van der Waals surface area contributed by atoms with Gasteiger partial charge in [0.2, 0.25) is 0 Å². The molecule has 162 valence electrons. The Morgan fingerprint density at radius 2 is 1.27 bits per heavy atom.